The first-order valence-electron chi connectivity index (χ1n) is 8.27. The monoisotopic (exact) mass is 360 g/mol. The topological polar surface area (TPSA) is 66.5 Å². The summed E-state index contributed by atoms with van der Waals surface area (Å²) in [6.45, 7) is 2.43. The molecule has 0 aliphatic rings. The molecule has 0 aromatic heterocycles. The van der Waals surface area contributed by atoms with Gasteiger partial charge in [-0.3, -0.25) is 4.79 Å². The molecule has 134 valence electrons. The third kappa shape index (κ3) is 5.99. The highest BCUT2D eigenvalue weighted by Crippen LogP contribution is 2.16. The van der Waals surface area contributed by atoms with Crippen molar-refractivity contribution in [1.29, 1.82) is 0 Å². The average Bonchev–Trinajstić information content (AvgIpc) is 2.59. The fourth-order valence-corrected chi connectivity index (χ4v) is 3.35. The molecule has 25 heavy (non-hydrogen) atoms. The van der Waals surface area contributed by atoms with Crippen LogP contribution >= 0.6 is 0 Å². The predicted molar refractivity (Wildman–Crippen MR) is 101 cm³/mol. The van der Waals surface area contributed by atoms with E-state index in [1.165, 1.54) is 10.6 Å². The molecule has 0 aliphatic heterocycles. The predicted octanol–water partition coefficient (Wildman–Crippen LogP) is 3.04. The molecule has 6 heteroatoms. The Bertz CT molecular complexity index is 804. The average molecular weight is 360 g/mol. The minimum absolute atomic E-state index is 0.109. The van der Waals surface area contributed by atoms with E-state index < -0.39 is 10.0 Å². The molecule has 1 N–H and O–H groups in total. The summed E-state index contributed by atoms with van der Waals surface area (Å²) in [5.74, 6) is -0.192. The normalized spacial score (nSPS) is 11.5. The summed E-state index contributed by atoms with van der Waals surface area (Å²) in [5.41, 5.74) is 2.73. The maximum atomic E-state index is 12.2. The SMILES string of the molecule is CCc1ccccc1NC(=O)CCN(Cc1ccccc1)S(C)(=O)=O. The Balaban J connectivity index is 1.99. The van der Waals surface area contributed by atoms with Crippen molar-refractivity contribution in [2.24, 2.45) is 0 Å². The third-order valence-electron chi connectivity index (χ3n) is 3.93. The van der Waals surface area contributed by atoms with Crippen LogP contribution in [0.3, 0.4) is 0 Å². The van der Waals surface area contributed by atoms with Crippen molar-refractivity contribution in [3.63, 3.8) is 0 Å². The van der Waals surface area contributed by atoms with Crippen LogP contribution in [0.2, 0.25) is 0 Å². The Morgan fingerprint density at radius 3 is 2.32 bits per heavy atom. The van der Waals surface area contributed by atoms with Crippen LogP contribution in [0.15, 0.2) is 54.6 Å². The molecule has 0 heterocycles. The van der Waals surface area contributed by atoms with E-state index in [-0.39, 0.29) is 25.4 Å². The van der Waals surface area contributed by atoms with Crippen LogP contribution < -0.4 is 5.32 Å². The van der Waals surface area contributed by atoms with Crippen molar-refractivity contribution in [1.82, 2.24) is 4.31 Å². The van der Waals surface area contributed by atoms with Crippen LogP contribution in [-0.2, 0) is 27.8 Å². The van der Waals surface area contributed by atoms with Crippen molar-refractivity contribution in [2.75, 3.05) is 18.1 Å². The van der Waals surface area contributed by atoms with Crippen LogP contribution in [0.5, 0.6) is 0 Å². The Labute approximate surface area is 149 Å². The molecule has 2 aromatic rings. The van der Waals surface area contributed by atoms with E-state index in [9.17, 15) is 13.2 Å². The number of hydrogen-bond donors (Lipinski definition) is 1. The van der Waals surface area contributed by atoms with Gasteiger partial charge in [0.25, 0.3) is 0 Å². The van der Waals surface area contributed by atoms with Gasteiger partial charge in [0.2, 0.25) is 15.9 Å². The van der Waals surface area contributed by atoms with Crippen LogP contribution in [0.1, 0.15) is 24.5 Å². The second kappa shape index (κ2) is 8.78. The van der Waals surface area contributed by atoms with Crippen molar-refractivity contribution >= 4 is 21.6 Å². The van der Waals surface area contributed by atoms with Gasteiger partial charge < -0.3 is 5.32 Å². The van der Waals surface area contributed by atoms with Crippen LogP contribution in [0.25, 0.3) is 0 Å². The highest BCUT2D eigenvalue weighted by atomic mass is 32.2. The lowest BCUT2D eigenvalue weighted by atomic mass is 10.1. The first kappa shape index (κ1) is 19.1. The molecular formula is C19H24N2O3S. The molecule has 2 aromatic carbocycles. The first-order valence-corrected chi connectivity index (χ1v) is 10.1. The number of benzene rings is 2. The zero-order chi connectivity index (χ0) is 18.3. The second-order valence-electron chi connectivity index (χ2n) is 5.89. The Morgan fingerprint density at radius 2 is 1.68 bits per heavy atom. The quantitative estimate of drug-likeness (QED) is 0.787. The molecule has 0 aliphatic carbocycles. The van der Waals surface area contributed by atoms with E-state index in [2.05, 4.69) is 5.32 Å². The van der Waals surface area contributed by atoms with Gasteiger partial charge in [0.1, 0.15) is 0 Å². The van der Waals surface area contributed by atoms with E-state index in [1.807, 2.05) is 61.5 Å². The molecule has 5 nitrogen and oxygen atoms in total. The van der Waals surface area contributed by atoms with Crippen LogP contribution in [0.4, 0.5) is 5.69 Å². The van der Waals surface area contributed by atoms with Gasteiger partial charge in [-0.05, 0) is 23.6 Å². The molecule has 0 saturated carbocycles. The summed E-state index contributed by atoms with van der Waals surface area (Å²) < 4.78 is 25.3. The van der Waals surface area contributed by atoms with Gasteiger partial charge in [-0.25, -0.2) is 8.42 Å². The number of carbonyl (C=O) groups excluding carboxylic acids is 1. The van der Waals surface area contributed by atoms with Gasteiger partial charge in [-0.1, -0.05) is 55.5 Å². The number of para-hydroxylation sites is 1. The van der Waals surface area contributed by atoms with Gasteiger partial charge >= 0.3 is 0 Å². The summed E-state index contributed by atoms with van der Waals surface area (Å²) in [7, 11) is -3.39. The van der Waals surface area contributed by atoms with Crippen LogP contribution in [0, 0.1) is 0 Å². The molecule has 2 rings (SSSR count). The van der Waals surface area contributed by atoms with Crippen molar-refractivity contribution in [3.8, 4) is 0 Å². The van der Waals surface area contributed by atoms with E-state index >= 15 is 0 Å². The third-order valence-corrected chi connectivity index (χ3v) is 5.18. The molecule has 0 atom stereocenters. The maximum absolute atomic E-state index is 12.2. The summed E-state index contributed by atoms with van der Waals surface area (Å²) >= 11 is 0. The minimum Gasteiger partial charge on any atom is -0.326 e. The number of aryl methyl sites for hydroxylation is 1. The van der Waals surface area contributed by atoms with Gasteiger partial charge in [0.15, 0.2) is 0 Å². The molecule has 0 saturated heterocycles. The van der Waals surface area contributed by atoms with Gasteiger partial charge in [-0.15, -0.1) is 0 Å². The lowest BCUT2D eigenvalue weighted by Crippen LogP contribution is -2.32. The lowest BCUT2D eigenvalue weighted by molar-refractivity contribution is -0.116. The smallest absolute Gasteiger partial charge is 0.225 e. The second-order valence-corrected chi connectivity index (χ2v) is 7.87. The molecule has 0 radical (unpaired) electrons. The van der Waals surface area contributed by atoms with E-state index in [1.54, 1.807) is 0 Å². The molecule has 0 spiro atoms. The highest BCUT2D eigenvalue weighted by molar-refractivity contribution is 7.88. The first-order chi connectivity index (χ1) is 11.9. The molecule has 0 bridgehead atoms. The number of rotatable bonds is 8. The summed E-state index contributed by atoms with van der Waals surface area (Å²) in [6, 6.07) is 17.0. The minimum atomic E-state index is -3.39. The number of nitrogens with one attached hydrogen (secondary N) is 1. The largest absolute Gasteiger partial charge is 0.326 e. The van der Waals surface area contributed by atoms with Gasteiger partial charge in [0, 0.05) is 25.2 Å². The molecule has 0 unspecified atom stereocenters. The summed E-state index contributed by atoms with van der Waals surface area (Å²) in [5, 5.41) is 2.87. The fraction of sp³-hybridized carbons (Fsp3) is 0.316. The number of sulfonamides is 1. The van der Waals surface area contributed by atoms with Crippen molar-refractivity contribution in [2.45, 2.75) is 26.3 Å². The van der Waals surface area contributed by atoms with E-state index in [4.69, 9.17) is 0 Å². The Kier molecular flexibility index (Phi) is 6.73. The zero-order valence-corrected chi connectivity index (χ0v) is 15.4. The van der Waals surface area contributed by atoms with Gasteiger partial charge in [0.05, 0.1) is 6.26 Å². The van der Waals surface area contributed by atoms with E-state index in [0.717, 1.165) is 23.2 Å². The highest BCUT2D eigenvalue weighted by Gasteiger charge is 2.18. The summed E-state index contributed by atoms with van der Waals surface area (Å²) in [4.78, 5) is 12.2. The maximum Gasteiger partial charge on any atom is 0.225 e. The number of amides is 1. The number of anilines is 1. The van der Waals surface area contributed by atoms with Crippen molar-refractivity contribution < 1.29 is 13.2 Å². The number of hydrogen-bond acceptors (Lipinski definition) is 3. The van der Waals surface area contributed by atoms with E-state index in [0.29, 0.717) is 0 Å². The van der Waals surface area contributed by atoms with Gasteiger partial charge in [-0.2, -0.15) is 4.31 Å². The number of nitrogens with zero attached hydrogens (tertiary/aromatic N) is 1. The molecule has 1 amide bonds. The zero-order valence-electron chi connectivity index (χ0n) is 14.6. The number of carbonyl (C=O) groups is 1. The molecular weight excluding hydrogens is 336 g/mol. The standard InChI is InChI=1S/C19H24N2O3S/c1-3-17-11-7-8-12-18(17)20-19(22)13-14-21(25(2,23)24)15-16-9-5-4-6-10-16/h4-12H,3,13-15H2,1-2H3,(H,20,22). The molecule has 0 fully saturated rings. The Hall–Kier alpha value is -2.18. The summed E-state index contributed by atoms with van der Waals surface area (Å²) in [6.07, 6.45) is 2.10. The fourth-order valence-electron chi connectivity index (χ4n) is 2.54. The lowest BCUT2D eigenvalue weighted by Gasteiger charge is -2.20. The van der Waals surface area contributed by atoms with Crippen molar-refractivity contribution in [3.05, 3.63) is 65.7 Å². The Morgan fingerprint density at radius 1 is 1.04 bits per heavy atom. The van der Waals surface area contributed by atoms with Crippen LogP contribution in [-0.4, -0.2) is 31.4 Å².